The van der Waals surface area contributed by atoms with E-state index in [-0.39, 0.29) is 18.5 Å². The third-order valence-corrected chi connectivity index (χ3v) is 10.7. The summed E-state index contributed by atoms with van der Waals surface area (Å²) in [5, 5.41) is 23.0. The van der Waals surface area contributed by atoms with Crippen molar-refractivity contribution in [2.75, 3.05) is 13.2 Å². The van der Waals surface area contributed by atoms with Crippen molar-refractivity contribution in [3.8, 4) is 0 Å². The highest BCUT2D eigenvalue weighted by atomic mass is 16.5. The Morgan fingerprint density at radius 3 is 1.47 bits per heavy atom. The van der Waals surface area contributed by atoms with Crippen molar-refractivity contribution in [2.45, 2.75) is 251 Å². The number of carbonyl (C=O) groups is 2. The molecule has 0 saturated carbocycles. The minimum atomic E-state index is -0.694. The second-order valence-corrected chi connectivity index (χ2v) is 16.1. The van der Waals surface area contributed by atoms with E-state index in [4.69, 9.17) is 4.74 Å². The Labute approximate surface area is 341 Å². The van der Waals surface area contributed by atoms with E-state index in [1.807, 2.05) is 0 Å². The van der Waals surface area contributed by atoms with Gasteiger partial charge < -0.3 is 20.3 Å². The van der Waals surface area contributed by atoms with Gasteiger partial charge in [-0.15, -0.1) is 0 Å². The number of nitrogens with one attached hydrogen (secondary N) is 1. The molecule has 0 aliphatic carbocycles. The van der Waals surface area contributed by atoms with Crippen molar-refractivity contribution < 1.29 is 24.5 Å². The molecule has 0 saturated heterocycles. The predicted molar refractivity (Wildman–Crippen MR) is 236 cm³/mol. The van der Waals surface area contributed by atoms with Crippen LogP contribution in [0, 0.1) is 0 Å². The van der Waals surface area contributed by atoms with Crippen molar-refractivity contribution in [3.05, 3.63) is 36.5 Å². The zero-order chi connectivity index (χ0) is 40.1. The fraction of sp³-hybridized carbons (Fsp3) is 0.837. The van der Waals surface area contributed by atoms with Gasteiger partial charge in [0.1, 0.15) is 0 Å². The van der Waals surface area contributed by atoms with Crippen LogP contribution in [0.2, 0.25) is 0 Å². The number of esters is 1. The van der Waals surface area contributed by atoms with Gasteiger partial charge in [0.25, 0.3) is 0 Å². The van der Waals surface area contributed by atoms with Gasteiger partial charge in [0.2, 0.25) is 5.91 Å². The molecule has 6 heteroatoms. The Bertz CT molecular complexity index is 900. The SMILES string of the molecule is CCCCC/C=C\C/C=C\CCCCCCCCCCCC(=O)OCCCCCC/C=C\CCCC(=O)NC(CO)C(O)CCCCCCCCCCCC. The maximum Gasteiger partial charge on any atom is 0.305 e. The largest absolute Gasteiger partial charge is 0.466 e. The van der Waals surface area contributed by atoms with E-state index < -0.39 is 12.1 Å². The van der Waals surface area contributed by atoms with Crippen LogP contribution in [0.1, 0.15) is 239 Å². The zero-order valence-corrected chi connectivity index (χ0v) is 36.4. The summed E-state index contributed by atoms with van der Waals surface area (Å²) in [7, 11) is 0. The molecule has 0 aromatic rings. The van der Waals surface area contributed by atoms with Gasteiger partial charge in [-0.2, -0.15) is 0 Å². The Kier molecular flexibility index (Phi) is 43.2. The monoisotopic (exact) mass is 774 g/mol. The molecule has 6 nitrogen and oxygen atoms in total. The third kappa shape index (κ3) is 41.5. The molecule has 0 aliphatic rings. The number of allylic oxidation sites excluding steroid dienone is 6. The lowest BCUT2D eigenvalue weighted by Crippen LogP contribution is -2.45. The van der Waals surface area contributed by atoms with Crippen molar-refractivity contribution in [1.82, 2.24) is 5.32 Å². The van der Waals surface area contributed by atoms with Crippen molar-refractivity contribution in [2.24, 2.45) is 0 Å². The summed E-state index contributed by atoms with van der Waals surface area (Å²) in [5.41, 5.74) is 0. The number of unbranched alkanes of at least 4 members (excludes halogenated alkanes) is 26. The number of amides is 1. The second kappa shape index (κ2) is 44.8. The molecule has 0 radical (unpaired) electrons. The van der Waals surface area contributed by atoms with Gasteiger partial charge in [-0.3, -0.25) is 9.59 Å². The lowest BCUT2D eigenvalue weighted by molar-refractivity contribution is -0.143. The number of hydrogen-bond acceptors (Lipinski definition) is 5. The summed E-state index contributed by atoms with van der Waals surface area (Å²) in [6.45, 7) is 4.81. The Morgan fingerprint density at radius 1 is 0.509 bits per heavy atom. The van der Waals surface area contributed by atoms with Gasteiger partial charge in [0, 0.05) is 12.8 Å². The summed E-state index contributed by atoms with van der Waals surface area (Å²) in [4.78, 5) is 24.4. The number of aliphatic hydroxyl groups is 2. The molecule has 3 N–H and O–H groups in total. The number of aliphatic hydroxyl groups excluding tert-OH is 2. The predicted octanol–water partition coefficient (Wildman–Crippen LogP) is 13.7. The van der Waals surface area contributed by atoms with Gasteiger partial charge in [0.15, 0.2) is 0 Å². The quantitative estimate of drug-likeness (QED) is 0.0326. The maximum atomic E-state index is 12.4. The van der Waals surface area contributed by atoms with Crippen LogP contribution >= 0.6 is 0 Å². The molecule has 0 fully saturated rings. The number of hydrogen-bond donors (Lipinski definition) is 3. The Hall–Kier alpha value is -1.92. The molecule has 0 aliphatic heterocycles. The summed E-state index contributed by atoms with van der Waals surface area (Å²) < 4.78 is 5.44. The van der Waals surface area contributed by atoms with E-state index in [0.29, 0.717) is 25.9 Å². The molecular weight excluding hydrogens is 683 g/mol. The highest BCUT2D eigenvalue weighted by molar-refractivity contribution is 5.76. The Balaban J connectivity index is 3.52. The van der Waals surface area contributed by atoms with Crippen LogP contribution in [0.3, 0.4) is 0 Å². The highest BCUT2D eigenvalue weighted by Gasteiger charge is 2.19. The van der Waals surface area contributed by atoms with Crippen LogP contribution in [0.25, 0.3) is 0 Å². The smallest absolute Gasteiger partial charge is 0.305 e. The molecule has 322 valence electrons. The molecule has 2 unspecified atom stereocenters. The molecule has 1 amide bonds. The fourth-order valence-electron chi connectivity index (χ4n) is 6.96. The van der Waals surface area contributed by atoms with E-state index in [1.54, 1.807) is 0 Å². The first kappa shape index (κ1) is 53.1. The fourth-order valence-corrected chi connectivity index (χ4v) is 6.96. The van der Waals surface area contributed by atoms with E-state index in [0.717, 1.165) is 77.0 Å². The van der Waals surface area contributed by atoms with Crippen molar-refractivity contribution in [3.63, 3.8) is 0 Å². The maximum absolute atomic E-state index is 12.4. The number of ether oxygens (including phenoxy) is 1. The van der Waals surface area contributed by atoms with Crippen LogP contribution in [0.15, 0.2) is 36.5 Å². The zero-order valence-electron chi connectivity index (χ0n) is 36.4. The Morgan fingerprint density at radius 2 is 0.927 bits per heavy atom. The van der Waals surface area contributed by atoms with E-state index in [2.05, 4.69) is 55.6 Å². The van der Waals surface area contributed by atoms with E-state index in [9.17, 15) is 19.8 Å². The molecule has 0 bridgehead atoms. The minimum absolute atomic E-state index is 0.0407. The van der Waals surface area contributed by atoms with Gasteiger partial charge in [-0.1, -0.05) is 185 Å². The van der Waals surface area contributed by atoms with Gasteiger partial charge >= 0.3 is 5.97 Å². The topological polar surface area (TPSA) is 95.9 Å². The van der Waals surface area contributed by atoms with Crippen LogP contribution < -0.4 is 5.32 Å². The standard InChI is InChI=1S/C49H91NO5/c1-3-5-7-9-11-13-15-16-17-18-19-20-21-22-23-27-31-35-39-43-49(54)55-44-40-36-32-28-24-26-30-34-38-42-48(53)50-46(45-51)47(52)41-37-33-29-25-14-12-10-8-6-4-2/h11,13,16-17,26,30,46-47,51-52H,3-10,12,14-15,18-25,27-29,31-45H2,1-2H3,(H,50,53)/b13-11-,17-16-,30-26-. The first-order valence-electron chi connectivity index (χ1n) is 23.7. The molecule has 0 aromatic carbocycles. The number of carbonyl (C=O) groups excluding carboxylic acids is 2. The van der Waals surface area contributed by atoms with Gasteiger partial charge in [-0.05, 0) is 77.0 Å². The first-order chi connectivity index (χ1) is 27.0. The minimum Gasteiger partial charge on any atom is -0.466 e. The molecular formula is C49H91NO5. The second-order valence-electron chi connectivity index (χ2n) is 16.1. The molecule has 0 rings (SSSR count). The molecule has 0 heterocycles. The average Bonchev–Trinajstić information content (AvgIpc) is 3.18. The summed E-state index contributed by atoms with van der Waals surface area (Å²) >= 11 is 0. The van der Waals surface area contributed by atoms with Gasteiger partial charge in [-0.25, -0.2) is 0 Å². The lowest BCUT2D eigenvalue weighted by Gasteiger charge is -2.22. The summed E-state index contributed by atoms with van der Waals surface area (Å²) in [6.07, 6.45) is 52.6. The molecule has 55 heavy (non-hydrogen) atoms. The summed E-state index contributed by atoms with van der Waals surface area (Å²) in [6, 6.07) is -0.578. The van der Waals surface area contributed by atoms with Crippen LogP contribution in [0.4, 0.5) is 0 Å². The van der Waals surface area contributed by atoms with Crippen LogP contribution in [-0.4, -0.2) is 47.4 Å². The van der Waals surface area contributed by atoms with E-state index in [1.165, 1.54) is 128 Å². The molecule has 0 aromatic heterocycles. The molecule has 0 spiro atoms. The third-order valence-electron chi connectivity index (χ3n) is 10.7. The van der Waals surface area contributed by atoms with Gasteiger partial charge in [0.05, 0.1) is 25.4 Å². The highest BCUT2D eigenvalue weighted by Crippen LogP contribution is 2.15. The number of rotatable bonds is 43. The lowest BCUT2D eigenvalue weighted by atomic mass is 10.0. The summed E-state index contributed by atoms with van der Waals surface area (Å²) in [5.74, 6) is -0.140. The van der Waals surface area contributed by atoms with Crippen molar-refractivity contribution >= 4 is 11.9 Å². The van der Waals surface area contributed by atoms with E-state index >= 15 is 0 Å². The van der Waals surface area contributed by atoms with Crippen LogP contribution in [-0.2, 0) is 14.3 Å². The normalized spacial score (nSPS) is 13.0. The van der Waals surface area contributed by atoms with Crippen LogP contribution in [0.5, 0.6) is 0 Å². The average molecular weight is 774 g/mol. The van der Waals surface area contributed by atoms with Crippen molar-refractivity contribution in [1.29, 1.82) is 0 Å². The molecule has 2 atom stereocenters. The first-order valence-corrected chi connectivity index (χ1v) is 23.7.